The number of hydrogen-bond acceptors (Lipinski definition) is 7. The number of rotatable bonds is 4. The van der Waals surface area contributed by atoms with Crippen LogP contribution in [0.15, 0.2) is 30.3 Å². The molecule has 7 nitrogen and oxygen atoms in total. The third kappa shape index (κ3) is 2.47. The van der Waals surface area contributed by atoms with Crippen molar-refractivity contribution >= 4 is 16.6 Å². The van der Waals surface area contributed by atoms with E-state index in [-0.39, 0.29) is 19.2 Å². The first-order valence-corrected chi connectivity index (χ1v) is 9.02. The van der Waals surface area contributed by atoms with Gasteiger partial charge in [0.2, 0.25) is 12.6 Å². The Morgan fingerprint density at radius 3 is 2.24 bits per heavy atom. The van der Waals surface area contributed by atoms with E-state index in [0.29, 0.717) is 40.1 Å². The molecule has 0 amide bonds. The van der Waals surface area contributed by atoms with Gasteiger partial charge in [-0.05, 0) is 35.2 Å². The predicted molar refractivity (Wildman–Crippen MR) is 105 cm³/mol. The van der Waals surface area contributed by atoms with Gasteiger partial charge in [-0.3, -0.25) is 4.79 Å². The van der Waals surface area contributed by atoms with Crippen molar-refractivity contribution < 1.29 is 33.2 Å². The van der Waals surface area contributed by atoms with Gasteiger partial charge in [-0.25, -0.2) is 0 Å². The topological polar surface area (TPSA) is 72.5 Å². The molecule has 2 heterocycles. The summed E-state index contributed by atoms with van der Waals surface area (Å²) in [4.78, 5) is 12.8. The lowest BCUT2D eigenvalue weighted by Gasteiger charge is -2.18. The molecule has 0 spiro atoms. The lowest BCUT2D eigenvalue weighted by molar-refractivity contribution is 0.0961. The number of hydrogen-bond donors (Lipinski definition) is 0. The Morgan fingerprint density at radius 1 is 0.793 bits per heavy atom. The van der Waals surface area contributed by atoms with Crippen LogP contribution in [0.3, 0.4) is 0 Å². The molecule has 3 aromatic carbocycles. The van der Waals surface area contributed by atoms with Gasteiger partial charge in [0.1, 0.15) is 0 Å². The molecular weight excluding hydrogens is 376 g/mol. The number of methoxy groups -OCH3 is 3. The second-order valence-corrected chi connectivity index (χ2v) is 6.65. The quantitative estimate of drug-likeness (QED) is 0.666. The Kier molecular flexibility index (Phi) is 3.91. The molecule has 2 aliphatic heterocycles. The molecule has 5 rings (SSSR count). The highest BCUT2D eigenvalue weighted by Crippen LogP contribution is 2.51. The first-order chi connectivity index (χ1) is 14.2. The number of ether oxygens (including phenoxy) is 6. The van der Waals surface area contributed by atoms with Crippen LogP contribution >= 0.6 is 0 Å². The summed E-state index contributed by atoms with van der Waals surface area (Å²) in [5.41, 5.74) is 2.03. The summed E-state index contributed by atoms with van der Waals surface area (Å²) in [6, 6.07) is 9.28. The van der Waals surface area contributed by atoms with Crippen LogP contribution in [-0.4, -0.2) is 40.5 Å². The van der Waals surface area contributed by atoms with Gasteiger partial charge >= 0.3 is 0 Å². The zero-order valence-electron chi connectivity index (χ0n) is 16.2. The Morgan fingerprint density at radius 2 is 1.52 bits per heavy atom. The van der Waals surface area contributed by atoms with Gasteiger partial charge in [0, 0.05) is 10.9 Å². The first kappa shape index (κ1) is 17.5. The van der Waals surface area contributed by atoms with E-state index < -0.39 is 0 Å². The first-order valence-electron chi connectivity index (χ1n) is 9.02. The fourth-order valence-corrected chi connectivity index (χ4v) is 3.93. The molecule has 0 N–H and O–H groups in total. The van der Waals surface area contributed by atoms with Crippen LogP contribution in [0.1, 0.15) is 10.4 Å². The van der Waals surface area contributed by atoms with Crippen molar-refractivity contribution in [1.82, 2.24) is 0 Å². The number of carbonyl (C=O) groups is 1. The van der Waals surface area contributed by atoms with E-state index in [4.69, 9.17) is 28.4 Å². The molecule has 0 atom stereocenters. The largest absolute Gasteiger partial charge is 0.493 e. The van der Waals surface area contributed by atoms with Gasteiger partial charge in [0.25, 0.3) is 0 Å². The summed E-state index contributed by atoms with van der Waals surface area (Å²) in [6.07, 6.45) is 0. The van der Waals surface area contributed by atoms with E-state index >= 15 is 0 Å². The van der Waals surface area contributed by atoms with Crippen molar-refractivity contribution in [3.05, 3.63) is 35.9 Å². The molecule has 3 aromatic rings. The molecule has 148 valence electrons. The summed E-state index contributed by atoms with van der Waals surface area (Å²) in [6.45, 7) is 0.140. The Hall–Kier alpha value is -3.61. The predicted octanol–water partition coefficient (Wildman–Crippen LogP) is 3.84. The molecule has 0 unspecified atom stereocenters. The standard InChI is InChI=1S/C22H18O7/c1-24-16-7-12-13(8-17(16)25-2)21(26-3)22-20(14(23)9-27-22)19(12)11-4-5-15-18(6-11)29-10-28-15/h4-8H,9-10H2,1-3H3. The van der Waals surface area contributed by atoms with E-state index in [1.807, 2.05) is 30.3 Å². The Labute approximate surface area is 166 Å². The van der Waals surface area contributed by atoms with Crippen LogP contribution in [0.5, 0.6) is 34.5 Å². The van der Waals surface area contributed by atoms with Crippen LogP contribution < -0.4 is 28.4 Å². The number of carbonyl (C=O) groups excluding carboxylic acids is 1. The minimum absolute atomic E-state index is 0.0339. The van der Waals surface area contributed by atoms with E-state index in [9.17, 15) is 4.79 Å². The van der Waals surface area contributed by atoms with Gasteiger partial charge < -0.3 is 28.4 Å². The molecule has 29 heavy (non-hydrogen) atoms. The van der Waals surface area contributed by atoms with Crippen molar-refractivity contribution in [3.8, 4) is 45.6 Å². The van der Waals surface area contributed by atoms with Gasteiger partial charge in [0.15, 0.2) is 41.1 Å². The Bertz CT molecular complexity index is 1170. The summed E-state index contributed by atoms with van der Waals surface area (Å²) in [5.74, 6) is 3.23. The monoisotopic (exact) mass is 394 g/mol. The van der Waals surface area contributed by atoms with E-state index in [2.05, 4.69) is 0 Å². The Balaban J connectivity index is 1.91. The second kappa shape index (κ2) is 6.48. The molecule has 0 fully saturated rings. The van der Waals surface area contributed by atoms with Crippen molar-refractivity contribution in [1.29, 1.82) is 0 Å². The van der Waals surface area contributed by atoms with Crippen LogP contribution in [0.25, 0.3) is 21.9 Å². The molecule has 0 radical (unpaired) electrons. The van der Waals surface area contributed by atoms with Crippen LogP contribution in [-0.2, 0) is 0 Å². The maximum atomic E-state index is 12.8. The average molecular weight is 394 g/mol. The molecule has 7 heteroatoms. The number of ketones is 1. The molecule has 0 aliphatic carbocycles. The maximum absolute atomic E-state index is 12.8. The summed E-state index contributed by atoms with van der Waals surface area (Å²) >= 11 is 0. The van der Waals surface area contributed by atoms with Crippen molar-refractivity contribution in [3.63, 3.8) is 0 Å². The second-order valence-electron chi connectivity index (χ2n) is 6.65. The number of benzene rings is 3. The van der Waals surface area contributed by atoms with E-state index in [1.54, 1.807) is 21.3 Å². The SMILES string of the molecule is COc1cc2c(OC)c3c(c(-c4ccc5c(c4)OCO5)c2cc1OC)C(=O)CO3. The minimum Gasteiger partial charge on any atom is -0.493 e. The van der Waals surface area contributed by atoms with Gasteiger partial charge in [0.05, 0.1) is 26.9 Å². The third-order valence-corrected chi connectivity index (χ3v) is 5.21. The van der Waals surface area contributed by atoms with Gasteiger partial charge in [-0.2, -0.15) is 0 Å². The van der Waals surface area contributed by atoms with Gasteiger partial charge in [-0.1, -0.05) is 6.07 Å². The summed E-state index contributed by atoms with van der Waals surface area (Å²) in [5, 5.41) is 1.54. The van der Waals surface area contributed by atoms with Crippen molar-refractivity contribution in [2.75, 3.05) is 34.7 Å². The minimum atomic E-state index is -0.109. The van der Waals surface area contributed by atoms with Crippen LogP contribution in [0, 0.1) is 0 Å². The molecular formula is C22H18O7. The van der Waals surface area contributed by atoms with Crippen molar-refractivity contribution in [2.24, 2.45) is 0 Å². The fraction of sp³-hybridized carbons (Fsp3) is 0.227. The maximum Gasteiger partial charge on any atom is 0.231 e. The van der Waals surface area contributed by atoms with E-state index in [1.165, 1.54) is 0 Å². The van der Waals surface area contributed by atoms with Crippen molar-refractivity contribution in [2.45, 2.75) is 0 Å². The summed E-state index contributed by atoms with van der Waals surface area (Å²) in [7, 11) is 4.70. The molecule has 0 aromatic heterocycles. The molecule has 2 aliphatic rings. The zero-order valence-corrected chi connectivity index (χ0v) is 16.2. The highest BCUT2D eigenvalue weighted by atomic mass is 16.7. The lowest BCUT2D eigenvalue weighted by atomic mass is 9.90. The number of fused-ring (bicyclic) bond motifs is 3. The highest BCUT2D eigenvalue weighted by Gasteiger charge is 2.33. The smallest absolute Gasteiger partial charge is 0.231 e. The fourth-order valence-electron chi connectivity index (χ4n) is 3.93. The normalized spacial score (nSPS) is 14.0. The average Bonchev–Trinajstić information content (AvgIpc) is 3.37. The summed E-state index contributed by atoms with van der Waals surface area (Å²) < 4.78 is 33.3. The van der Waals surface area contributed by atoms with Crippen LogP contribution in [0.2, 0.25) is 0 Å². The molecule has 0 saturated carbocycles. The molecule has 0 saturated heterocycles. The zero-order chi connectivity index (χ0) is 20.1. The number of Topliss-reactive ketones (excluding diaryl/α,β-unsaturated/α-hetero) is 1. The van der Waals surface area contributed by atoms with Gasteiger partial charge in [-0.15, -0.1) is 0 Å². The van der Waals surface area contributed by atoms with Crippen LogP contribution in [0.4, 0.5) is 0 Å². The highest BCUT2D eigenvalue weighted by molar-refractivity contribution is 6.18. The third-order valence-electron chi connectivity index (χ3n) is 5.21. The molecule has 0 bridgehead atoms. The lowest BCUT2D eigenvalue weighted by Crippen LogP contribution is -2.01. The van der Waals surface area contributed by atoms with E-state index in [0.717, 1.165) is 21.9 Å².